The predicted molar refractivity (Wildman–Crippen MR) is 62.6 cm³/mol. The smallest absolute Gasteiger partial charge is 0.358 e. The van der Waals surface area contributed by atoms with Crippen LogP contribution < -0.4 is 0 Å². The van der Waals surface area contributed by atoms with Crippen LogP contribution in [-0.4, -0.2) is 54.3 Å². The van der Waals surface area contributed by atoms with Crippen molar-refractivity contribution in [3.05, 3.63) is 18.1 Å². The van der Waals surface area contributed by atoms with Gasteiger partial charge in [-0.3, -0.25) is 0 Å². The first-order valence-corrected chi connectivity index (χ1v) is 5.80. The number of methoxy groups -OCH3 is 1. The summed E-state index contributed by atoms with van der Waals surface area (Å²) in [6.07, 6.45) is 3.02. The van der Waals surface area contributed by atoms with Gasteiger partial charge in [-0.15, -0.1) is 11.8 Å². The number of hydrogen-bond donors (Lipinski definition) is 0. The molecule has 0 bridgehead atoms. The summed E-state index contributed by atoms with van der Waals surface area (Å²) in [4.78, 5) is 21.3. The third kappa shape index (κ3) is 4.16. The summed E-state index contributed by atoms with van der Waals surface area (Å²) in [7, 11) is 5.36. The molecule has 16 heavy (non-hydrogen) atoms. The fraction of sp³-hybridized carbons (Fsp3) is 0.500. The molecule has 0 saturated heterocycles. The molecule has 0 unspecified atom stereocenters. The van der Waals surface area contributed by atoms with Crippen molar-refractivity contribution in [2.24, 2.45) is 0 Å². The lowest BCUT2D eigenvalue weighted by molar-refractivity contribution is 0.0593. The molecular formula is C10H15N3O2S. The van der Waals surface area contributed by atoms with Gasteiger partial charge >= 0.3 is 5.97 Å². The molecular weight excluding hydrogens is 226 g/mol. The third-order valence-electron chi connectivity index (χ3n) is 1.81. The van der Waals surface area contributed by atoms with E-state index < -0.39 is 5.97 Å². The van der Waals surface area contributed by atoms with Crippen molar-refractivity contribution < 1.29 is 9.53 Å². The second-order valence-corrected chi connectivity index (χ2v) is 4.50. The van der Waals surface area contributed by atoms with E-state index in [1.807, 2.05) is 14.1 Å². The molecule has 0 atom stereocenters. The molecule has 0 spiro atoms. The first-order valence-electron chi connectivity index (χ1n) is 4.81. The van der Waals surface area contributed by atoms with Crippen LogP contribution in [0.5, 0.6) is 0 Å². The van der Waals surface area contributed by atoms with Gasteiger partial charge in [0.05, 0.1) is 19.5 Å². The normalized spacial score (nSPS) is 10.5. The molecule has 5 nitrogen and oxygen atoms in total. The Hall–Kier alpha value is -1.14. The summed E-state index contributed by atoms with van der Waals surface area (Å²) in [5, 5.41) is 0.814. The Morgan fingerprint density at radius 3 is 2.69 bits per heavy atom. The van der Waals surface area contributed by atoms with E-state index in [1.165, 1.54) is 13.3 Å². The van der Waals surface area contributed by atoms with Gasteiger partial charge in [0.2, 0.25) is 0 Å². The highest BCUT2D eigenvalue weighted by molar-refractivity contribution is 7.99. The van der Waals surface area contributed by atoms with Gasteiger partial charge in [-0.25, -0.2) is 14.8 Å². The Bertz CT molecular complexity index is 340. The van der Waals surface area contributed by atoms with Crippen molar-refractivity contribution in [3.8, 4) is 0 Å². The number of nitrogens with zero attached hydrogens (tertiary/aromatic N) is 3. The van der Waals surface area contributed by atoms with Gasteiger partial charge in [0.15, 0.2) is 5.69 Å². The average molecular weight is 241 g/mol. The molecule has 1 heterocycles. The van der Waals surface area contributed by atoms with Gasteiger partial charge in [-0.1, -0.05) is 0 Å². The summed E-state index contributed by atoms with van der Waals surface area (Å²) >= 11 is 1.61. The highest BCUT2D eigenvalue weighted by Crippen LogP contribution is 2.13. The molecule has 0 radical (unpaired) electrons. The molecule has 88 valence electrons. The highest BCUT2D eigenvalue weighted by Gasteiger charge is 2.07. The molecule has 0 aliphatic rings. The number of carbonyl (C=O) groups excluding carboxylic acids is 1. The lowest BCUT2D eigenvalue weighted by Gasteiger charge is -2.07. The van der Waals surface area contributed by atoms with Crippen LogP contribution >= 0.6 is 11.8 Å². The van der Waals surface area contributed by atoms with Crippen LogP contribution in [0, 0.1) is 0 Å². The molecule has 0 amide bonds. The molecule has 0 fully saturated rings. The van der Waals surface area contributed by atoms with Crippen molar-refractivity contribution in [2.75, 3.05) is 33.5 Å². The Kier molecular flexibility index (Phi) is 5.21. The lowest BCUT2D eigenvalue weighted by Crippen LogP contribution is -2.14. The summed E-state index contributed by atoms with van der Waals surface area (Å²) < 4.78 is 4.53. The van der Waals surface area contributed by atoms with E-state index in [0.29, 0.717) is 0 Å². The minimum Gasteiger partial charge on any atom is -0.464 e. The molecule has 1 aromatic heterocycles. The fourth-order valence-corrected chi connectivity index (χ4v) is 1.85. The Morgan fingerprint density at radius 1 is 1.44 bits per heavy atom. The molecule has 0 N–H and O–H groups in total. The van der Waals surface area contributed by atoms with Gasteiger partial charge in [0.25, 0.3) is 0 Å². The Labute approximate surface area is 99.2 Å². The van der Waals surface area contributed by atoms with Crippen LogP contribution in [0.15, 0.2) is 17.4 Å². The van der Waals surface area contributed by atoms with Crippen molar-refractivity contribution in [3.63, 3.8) is 0 Å². The van der Waals surface area contributed by atoms with Gasteiger partial charge in [-0.2, -0.15) is 0 Å². The number of rotatable bonds is 5. The third-order valence-corrected chi connectivity index (χ3v) is 2.70. The minimum absolute atomic E-state index is 0.236. The molecule has 0 aromatic carbocycles. The largest absolute Gasteiger partial charge is 0.464 e. The quantitative estimate of drug-likeness (QED) is 0.564. The van der Waals surface area contributed by atoms with Crippen LogP contribution in [0.4, 0.5) is 0 Å². The van der Waals surface area contributed by atoms with Crippen molar-refractivity contribution in [1.82, 2.24) is 14.9 Å². The number of ether oxygens (including phenoxy) is 1. The number of aromatic nitrogens is 2. The van der Waals surface area contributed by atoms with E-state index in [4.69, 9.17) is 0 Å². The summed E-state index contributed by atoms with van der Waals surface area (Å²) in [6.45, 7) is 0.977. The van der Waals surface area contributed by atoms with Gasteiger partial charge < -0.3 is 9.64 Å². The number of thioether (sulfide) groups is 1. The Balaban J connectivity index is 2.48. The highest BCUT2D eigenvalue weighted by atomic mass is 32.2. The summed E-state index contributed by atoms with van der Waals surface area (Å²) in [5.74, 6) is 0.483. The number of carbonyl (C=O) groups is 1. The molecule has 0 aliphatic carbocycles. The monoisotopic (exact) mass is 241 g/mol. The summed E-state index contributed by atoms with van der Waals surface area (Å²) in [6, 6.07) is 0. The molecule has 1 aromatic rings. The second-order valence-electron chi connectivity index (χ2n) is 3.38. The zero-order valence-corrected chi connectivity index (χ0v) is 10.5. The van der Waals surface area contributed by atoms with Crippen LogP contribution in [0.3, 0.4) is 0 Å². The zero-order valence-electron chi connectivity index (χ0n) is 9.64. The van der Waals surface area contributed by atoms with E-state index in [1.54, 1.807) is 18.0 Å². The topological polar surface area (TPSA) is 55.3 Å². The van der Waals surface area contributed by atoms with Crippen molar-refractivity contribution >= 4 is 17.7 Å². The molecule has 6 heteroatoms. The van der Waals surface area contributed by atoms with E-state index in [-0.39, 0.29) is 5.69 Å². The van der Waals surface area contributed by atoms with Crippen LogP contribution in [0.25, 0.3) is 0 Å². The average Bonchev–Trinajstić information content (AvgIpc) is 2.28. The molecule has 1 rings (SSSR count). The van der Waals surface area contributed by atoms with E-state index in [0.717, 1.165) is 17.3 Å². The van der Waals surface area contributed by atoms with E-state index in [9.17, 15) is 4.79 Å². The van der Waals surface area contributed by atoms with E-state index >= 15 is 0 Å². The SMILES string of the molecule is COC(=O)c1cnc(SCCN(C)C)cn1. The van der Waals surface area contributed by atoms with E-state index in [2.05, 4.69) is 19.6 Å². The number of esters is 1. The maximum absolute atomic E-state index is 11.1. The van der Waals surface area contributed by atoms with Crippen molar-refractivity contribution in [1.29, 1.82) is 0 Å². The standard InChI is InChI=1S/C10H15N3O2S/c1-13(2)4-5-16-9-7-11-8(6-12-9)10(14)15-3/h6-7H,4-5H2,1-3H3. The van der Waals surface area contributed by atoms with Gasteiger partial charge in [-0.05, 0) is 14.1 Å². The second kappa shape index (κ2) is 6.44. The van der Waals surface area contributed by atoms with Crippen LogP contribution in [0.2, 0.25) is 0 Å². The fourth-order valence-electron chi connectivity index (χ4n) is 0.933. The van der Waals surface area contributed by atoms with Gasteiger partial charge in [0, 0.05) is 12.3 Å². The van der Waals surface area contributed by atoms with Crippen LogP contribution in [0.1, 0.15) is 10.5 Å². The maximum Gasteiger partial charge on any atom is 0.358 e. The predicted octanol–water partition coefficient (Wildman–Crippen LogP) is 0.917. The first kappa shape index (κ1) is 12.9. The molecule has 0 aliphatic heterocycles. The Morgan fingerprint density at radius 2 is 2.19 bits per heavy atom. The summed E-state index contributed by atoms with van der Waals surface area (Å²) in [5.41, 5.74) is 0.236. The maximum atomic E-state index is 11.1. The molecule has 0 saturated carbocycles. The minimum atomic E-state index is -0.461. The van der Waals surface area contributed by atoms with Crippen molar-refractivity contribution in [2.45, 2.75) is 5.03 Å². The number of hydrogen-bond acceptors (Lipinski definition) is 6. The first-order chi connectivity index (χ1) is 7.63. The lowest BCUT2D eigenvalue weighted by atomic mass is 10.5. The zero-order chi connectivity index (χ0) is 12.0. The van der Waals surface area contributed by atoms with Gasteiger partial charge in [0.1, 0.15) is 5.03 Å². The van der Waals surface area contributed by atoms with Crippen LogP contribution in [-0.2, 0) is 4.74 Å².